The van der Waals surface area contributed by atoms with E-state index < -0.39 is 11.9 Å². The molecule has 1 atom stereocenters. The first-order valence-electron chi connectivity index (χ1n) is 6.18. The van der Waals surface area contributed by atoms with E-state index in [4.69, 9.17) is 10.5 Å². The third-order valence-corrected chi connectivity index (χ3v) is 3.18. The number of halogens is 1. The number of rotatable bonds is 1. The molecule has 1 unspecified atom stereocenters. The Labute approximate surface area is 115 Å². The van der Waals surface area contributed by atoms with Gasteiger partial charge in [0.2, 0.25) is 6.10 Å². The first-order valence-corrected chi connectivity index (χ1v) is 6.18. The van der Waals surface area contributed by atoms with Crippen molar-refractivity contribution in [2.75, 3.05) is 11.1 Å². The summed E-state index contributed by atoms with van der Waals surface area (Å²) in [7, 11) is 0. The van der Waals surface area contributed by atoms with Gasteiger partial charge in [0.25, 0.3) is 5.91 Å². The van der Waals surface area contributed by atoms with E-state index in [1.54, 1.807) is 12.1 Å². The lowest BCUT2D eigenvalue weighted by molar-refractivity contribution is -0.123. The number of aryl methyl sites for hydroxylation is 1. The van der Waals surface area contributed by atoms with Crippen molar-refractivity contribution in [3.8, 4) is 5.75 Å². The number of fused-ring (bicyclic) bond motifs is 1. The minimum atomic E-state index is -0.860. The number of hydrogen-bond acceptors (Lipinski definition) is 3. The first kappa shape index (κ1) is 12.5. The zero-order valence-electron chi connectivity index (χ0n) is 10.8. The van der Waals surface area contributed by atoms with Gasteiger partial charge in [-0.2, -0.15) is 0 Å². The molecule has 1 aliphatic heterocycles. The number of carbonyl (C=O) groups is 1. The van der Waals surface area contributed by atoms with Crippen molar-refractivity contribution in [1.29, 1.82) is 0 Å². The molecule has 1 amide bonds. The van der Waals surface area contributed by atoms with Crippen LogP contribution in [0.1, 0.15) is 17.2 Å². The summed E-state index contributed by atoms with van der Waals surface area (Å²) in [5, 5.41) is 2.62. The van der Waals surface area contributed by atoms with Crippen molar-refractivity contribution in [1.82, 2.24) is 0 Å². The Bertz CT molecular complexity index is 683. The Balaban J connectivity index is 2.00. The fourth-order valence-electron chi connectivity index (χ4n) is 2.16. The number of ether oxygens (including phenoxy) is 1. The van der Waals surface area contributed by atoms with E-state index in [2.05, 4.69) is 5.32 Å². The normalized spacial score (nSPS) is 17.1. The molecule has 2 aromatic rings. The highest BCUT2D eigenvalue weighted by molar-refractivity contribution is 5.98. The van der Waals surface area contributed by atoms with E-state index in [0.717, 1.165) is 5.56 Å². The second-order valence-electron chi connectivity index (χ2n) is 4.78. The van der Waals surface area contributed by atoms with Crippen LogP contribution in [0.5, 0.6) is 5.75 Å². The zero-order valence-corrected chi connectivity index (χ0v) is 10.8. The fourth-order valence-corrected chi connectivity index (χ4v) is 2.16. The molecule has 0 saturated carbocycles. The van der Waals surface area contributed by atoms with Crippen molar-refractivity contribution in [2.24, 2.45) is 0 Å². The number of amides is 1. The lowest BCUT2D eigenvalue weighted by atomic mass is 10.0. The summed E-state index contributed by atoms with van der Waals surface area (Å²) in [5.74, 6) is -0.909. The molecule has 2 aromatic carbocycles. The number of nitrogens with one attached hydrogen (secondary N) is 1. The Morgan fingerprint density at radius 3 is 2.65 bits per heavy atom. The average Bonchev–Trinajstić information content (AvgIpc) is 2.39. The highest BCUT2D eigenvalue weighted by Crippen LogP contribution is 2.38. The molecule has 4 nitrogen and oxygen atoms in total. The monoisotopic (exact) mass is 272 g/mol. The molecular formula is C15H13FN2O2. The maximum Gasteiger partial charge on any atom is 0.270 e. The molecule has 20 heavy (non-hydrogen) atoms. The maximum absolute atomic E-state index is 13.9. The molecule has 0 saturated heterocycles. The van der Waals surface area contributed by atoms with Crippen LogP contribution in [0.3, 0.4) is 0 Å². The molecule has 0 aliphatic carbocycles. The smallest absolute Gasteiger partial charge is 0.270 e. The van der Waals surface area contributed by atoms with Gasteiger partial charge >= 0.3 is 0 Å². The fraction of sp³-hybridized carbons (Fsp3) is 0.133. The lowest BCUT2D eigenvalue weighted by Gasteiger charge is -2.26. The third kappa shape index (κ3) is 2.07. The van der Waals surface area contributed by atoms with Crippen LogP contribution in [0.25, 0.3) is 0 Å². The van der Waals surface area contributed by atoms with Gasteiger partial charge in [-0.15, -0.1) is 0 Å². The van der Waals surface area contributed by atoms with Gasteiger partial charge in [0.05, 0.1) is 5.69 Å². The van der Waals surface area contributed by atoms with Gasteiger partial charge in [-0.25, -0.2) is 4.39 Å². The van der Waals surface area contributed by atoms with Gasteiger partial charge in [-0.1, -0.05) is 29.8 Å². The predicted molar refractivity (Wildman–Crippen MR) is 74.0 cm³/mol. The molecule has 0 bridgehead atoms. The molecule has 0 aromatic heterocycles. The van der Waals surface area contributed by atoms with Crippen LogP contribution in [0.4, 0.5) is 15.8 Å². The minimum Gasteiger partial charge on any atom is -0.471 e. The maximum atomic E-state index is 13.9. The summed E-state index contributed by atoms with van der Waals surface area (Å²) >= 11 is 0. The Morgan fingerprint density at radius 2 is 1.95 bits per heavy atom. The van der Waals surface area contributed by atoms with E-state index >= 15 is 0 Å². The summed E-state index contributed by atoms with van der Waals surface area (Å²) in [6.07, 6.45) is -0.860. The van der Waals surface area contributed by atoms with Gasteiger partial charge in [-0.05, 0) is 13.0 Å². The number of nitrogen functional groups attached to an aromatic ring is 1. The largest absolute Gasteiger partial charge is 0.471 e. The number of anilines is 2. The highest BCUT2D eigenvalue weighted by atomic mass is 19.1. The van der Waals surface area contributed by atoms with Crippen molar-refractivity contribution >= 4 is 17.3 Å². The number of benzene rings is 2. The zero-order chi connectivity index (χ0) is 14.3. The molecule has 0 radical (unpaired) electrons. The standard InChI is InChI=1S/C15H13FN2O2/c1-8-2-4-9(5-3-8)13-15(19)18-12-7-10(17)6-11(16)14(12)20-13/h2-7,13H,17H2,1H3,(H,18,19). The van der Waals surface area contributed by atoms with Gasteiger partial charge < -0.3 is 15.8 Å². The summed E-state index contributed by atoms with van der Waals surface area (Å²) < 4.78 is 19.4. The summed E-state index contributed by atoms with van der Waals surface area (Å²) in [5.41, 5.74) is 7.79. The Morgan fingerprint density at radius 1 is 1.25 bits per heavy atom. The van der Waals surface area contributed by atoms with E-state index in [0.29, 0.717) is 5.56 Å². The Hall–Kier alpha value is -2.56. The van der Waals surface area contributed by atoms with Gasteiger partial charge in [-0.3, -0.25) is 4.79 Å². The van der Waals surface area contributed by atoms with Crippen molar-refractivity contribution in [3.63, 3.8) is 0 Å². The third-order valence-electron chi connectivity index (χ3n) is 3.18. The highest BCUT2D eigenvalue weighted by Gasteiger charge is 2.31. The topological polar surface area (TPSA) is 64.3 Å². The minimum absolute atomic E-state index is 0.0179. The van der Waals surface area contributed by atoms with E-state index in [9.17, 15) is 9.18 Å². The van der Waals surface area contributed by atoms with Crippen LogP contribution in [0, 0.1) is 12.7 Å². The van der Waals surface area contributed by atoms with Crippen LogP contribution >= 0.6 is 0 Å². The molecule has 1 heterocycles. The predicted octanol–water partition coefficient (Wildman–Crippen LogP) is 2.79. The second kappa shape index (κ2) is 4.52. The van der Waals surface area contributed by atoms with Crippen LogP contribution in [-0.2, 0) is 4.79 Å². The van der Waals surface area contributed by atoms with E-state index in [-0.39, 0.29) is 23.0 Å². The molecule has 0 spiro atoms. The molecular weight excluding hydrogens is 259 g/mol. The summed E-state index contributed by atoms with van der Waals surface area (Å²) in [4.78, 5) is 12.1. The summed E-state index contributed by atoms with van der Waals surface area (Å²) in [6, 6.07) is 9.98. The van der Waals surface area contributed by atoms with Crippen LogP contribution in [0.2, 0.25) is 0 Å². The average molecular weight is 272 g/mol. The SMILES string of the molecule is Cc1ccc(C2Oc3c(F)cc(N)cc3NC2=O)cc1. The molecule has 3 rings (SSSR count). The van der Waals surface area contributed by atoms with Crippen LogP contribution in [0.15, 0.2) is 36.4 Å². The molecule has 3 N–H and O–H groups in total. The first-order chi connectivity index (χ1) is 9.54. The van der Waals surface area contributed by atoms with E-state index in [1.165, 1.54) is 12.1 Å². The number of carbonyl (C=O) groups excluding carboxylic acids is 1. The molecule has 102 valence electrons. The number of nitrogens with two attached hydrogens (primary N) is 1. The van der Waals surface area contributed by atoms with Crippen molar-refractivity contribution in [3.05, 3.63) is 53.3 Å². The summed E-state index contributed by atoms with van der Waals surface area (Å²) in [6.45, 7) is 1.95. The van der Waals surface area contributed by atoms with E-state index in [1.807, 2.05) is 19.1 Å². The second-order valence-corrected chi connectivity index (χ2v) is 4.78. The molecule has 5 heteroatoms. The molecule has 0 fully saturated rings. The lowest BCUT2D eigenvalue weighted by Crippen LogP contribution is -2.30. The van der Waals surface area contributed by atoms with Gasteiger partial charge in [0.1, 0.15) is 0 Å². The van der Waals surface area contributed by atoms with Gasteiger partial charge in [0, 0.05) is 17.3 Å². The van der Waals surface area contributed by atoms with Crippen molar-refractivity contribution < 1.29 is 13.9 Å². The van der Waals surface area contributed by atoms with Crippen molar-refractivity contribution in [2.45, 2.75) is 13.0 Å². The Kier molecular flexibility index (Phi) is 2.82. The van der Waals surface area contributed by atoms with Crippen LogP contribution in [-0.4, -0.2) is 5.91 Å². The quantitative estimate of drug-likeness (QED) is 0.784. The van der Waals surface area contributed by atoms with Gasteiger partial charge in [0.15, 0.2) is 11.6 Å². The molecule has 1 aliphatic rings. The van der Waals surface area contributed by atoms with Crippen LogP contribution < -0.4 is 15.8 Å². The number of hydrogen-bond donors (Lipinski definition) is 2.